The molecule has 2 aromatic carbocycles. The molecule has 0 saturated carbocycles. The number of carbonyl (C=O) groups is 1. The maximum Gasteiger partial charge on any atom is 0.217 e. The number of amides is 1. The Labute approximate surface area is 206 Å². The number of aliphatic hydroxyl groups is 1. The van der Waals surface area contributed by atoms with Crippen molar-refractivity contribution in [3.05, 3.63) is 84.4 Å². The molecule has 1 heterocycles. The lowest BCUT2D eigenvalue weighted by atomic mass is 9.92. The summed E-state index contributed by atoms with van der Waals surface area (Å²) in [5, 5.41) is 13.9. The predicted octanol–water partition coefficient (Wildman–Crippen LogP) is 2.60. The van der Waals surface area contributed by atoms with Crippen LogP contribution in [0.25, 0.3) is 0 Å². The highest BCUT2D eigenvalue weighted by molar-refractivity contribution is 5.73. The zero-order chi connectivity index (χ0) is 25.0. The van der Waals surface area contributed by atoms with Gasteiger partial charge in [-0.25, -0.2) is 0 Å². The van der Waals surface area contributed by atoms with E-state index in [-0.39, 0.29) is 32.3 Å². The van der Waals surface area contributed by atoms with E-state index >= 15 is 0 Å². The van der Waals surface area contributed by atoms with Crippen molar-refractivity contribution in [1.82, 2.24) is 5.32 Å². The summed E-state index contributed by atoms with van der Waals surface area (Å²) < 4.78 is 29.8. The van der Waals surface area contributed by atoms with Crippen molar-refractivity contribution in [1.29, 1.82) is 0 Å². The monoisotopic (exact) mass is 485 g/mol. The van der Waals surface area contributed by atoms with Gasteiger partial charge in [0, 0.05) is 14.0 Å². The molecule has 0 aliphatic carbocycles. The number of rotatable bonds is 13. The highest BCUT2D eigenvalue weighted by Crippen LogP contribution is 2.30. The van der Waals surface area contributed by atoms with Crippen molar-refractivity contribution in [2.75, 3.05) is 20.3 Å². The molecule has 8 heteroatoms. The molecule has 2 aromatic rings. The van der Waals surface area contributed by atoms with Gasteiger partial charge >= 0.3 is 0 Å². The number of carbonyl (C=O) groups excluding carboxylic acids is 1. The smallest absolute Gasteiger partial charge is 0.217 e. The van der Waals surface area contributed by atoms with Gasteiger partial charge in [0.2, 0.25) is 5.91 Å². The number of methoxy groups -OCH3 is 1. The van der Waals surface area contributed by atoms with Gasteiger partial charge in [-0.1, -0.05) is 66.7 Å². The van der Waals surface area contributed by atoms with Gasteiger partial charge in [-0.3, -0.25) is 4.79 Å². The summed E-state index contributed by atoms with van der Waals surface area (Å²) in [7, 11) is 1.48. The van der Waals surface area contributed by atoms with E-state index in [9.17, 15) is 9.90 Å². The number of aliphatic hydroxyl groups excluding tert-OH is 1. The van der Waals surface area contributed by atoms with Crippen LogP contribution in [0.1, 0.15) is 18.1 Å². The summed E-state index contributed by atoms with van der Waals surface area (Å²) in [6.45, 7) is 5.89. The highest BCUT2D eigenvalue weighted by atomic mass is 16.7. The summed E-state index contributed by atoms with van der Waals surface area (Å²) in [6.07, 6.45) is -2.54. The zero-order valence-corrected chi connectivity index (χ0v) is 20.2. The van der Waals surface area contributed by atoms with E-state index in [4.69, 9.17) is 23.7 Å². The zero-order valence-electron chi connectivity index (χ0n) is 20.2. The van der Waals surface area contributed by atoms with Crippen LogP contribution < -0.4 is 5.32 Å². The average Bonchev–Trinajstić information content (AvgIpc) is 2.87. The number of benzene rings is 2. The number of hydrogen-bond donors (Lipinski definition) is 2. The van der Waals surface area contributed by atoms with Crippen LogP contribution in [0.4, 0.5) is 0 Å². The standard InChI is InChI=1S/C27H35NO7/c1-4-15-32-18-22(30)24-26(34-17-21-13-9-6-10-14-21)25(33-16-20-11-7-5-8-12-20)23(28-19(2)29)27(31-3)35-24/h4-14,22-27,30H,1,15-18H2,2-3H3,(H,28,29)/t22-,23+,24+,25+,26+,27-/m0/s1. The number of hydrogen-bond acceptors (Lipinski definition) is 7. The quantitative estimate of drug-likeness (QED) is 0.333. The van der Waals surface area contributed by atoms with Crippen molar-refractivity contribution in [2.24, 2.45) is 0 Å². The van der Waals surface area contributed by atoms with Crippen LogP contribution in [0.3, 0.4) is 0 Å². The Kier molecular flexibility index (Phi) is 10.9. The summed E-state index contributed by atoms with van der Waals surface area (Å²) >= 11 is 0. The molecule has 2 N–H and O–H groups in total. The van der Waals surface area contributed by atoms with Crippen molar-refractivity contribution >= 4 is 5.91 Å². The molecule has 1 aliphatic heterocycles. The molecule has 8 nitrogen and oxygen atoms in total. The van der Waals surface area contributed by atoms with E-state index < -0.39 is 36.7 Å². The molecule has 0 radical (unpaired) electrons. The van der Waals surface area contributed by atoms with E-state index in [2.05, 4.69) is 11.9 Å². The average molecular weight is 486 g/mol. The molecule has 3 rings (SSSR count). The summed E-state index contributed by atoms with van der Waals surface area (Å²) in [6, 6.07) is 18.7. The van der Waals surface area contributed by atoms with Crippen LogP contribution in [-0.2, 0) is 41.7 Å². The van der Waals surface area contributed by atoms with Crippen molar-refractivity contribution in [3.63, 3.8) is 0 Å². The lowest BCUT2D eigenvalue weighted by Gasteiger charge is -2.47. The van der Waals surface area contributed by atoms with E-state index in [0.29, 0.717) is 0 Å². The van der Waals surface area contributed by atoms with Gasteiger partial charge in [0.25, 0.3) is 0 Å². The fourth-order valence-electron chi connectivity index (χ4n) is 4.05. The molecule has 0 aromatic heterocycles. The number of nitrogens with one attached hydrogen (secondary N) is 1. The van der Waals surface area contributed by atoms with Crippen LogP contribution in [-0.4, -0.2) is 68.1 Å². The van der Waals surface area contributed by atoms with Gasteiger partial charge in [0.05, 0.1) is 26.4 Å². The molecule has 35 heavy (non-hydrogen) atoms. The second-order valence-electron chi connectivity index (χ2n) is 8.35. The molecule has 1 aliphatic rings. The molecule has 1 saturated heterocycles. The first-order valence-electron chi connectivity index (χ1n) is 11.7. The molecule has 1 fully saturated rings. The normalized spacial score (nSPS) is 25.1. The van der Waals surface area contributed by atoms with Crippen LogP contribution in [0.5, 0.6) is 0 Å². The van der Waals surface area contributed by atoms with E-state index in [1.165, 1.54) is 14.0 Å². The molecule has 0 bridgehead atoms. The second-order valence-corrected chi connectivity index (χ2v) is 8.35. The summed E-state index contributed by atoms with van der Waals surface area (Å²) in [4.78, 5) is 12.1. The first-order chi connectivity index (χ1) is 17.0. The minimum Gasteiger partial charge on any atom is -0.388 e. The van der Waals surface area contributed by atoms with Gasteiger partial charge < -0.3 is 34.1 Å². The predicted molar refractivity (Wildman–Crippen MR) is 130 cm³/mol. The largest absolute Gasteiger partial charge is 0.388 e. The third kappa shape index (κ3) is 7.96. The van der Waals surface area contributed by atoms with E-state index in [1.54, 1.807) is 6.08 Å². The first-order valence-corrected chi connectivity index (χ1v) is 11.7. The third-order valence-electron chi connectivity index (χ3n) is 5.66. The molecular weight excluding hydrogens is 450 g/mol. The minimum atomic E-state index is -1.03. The second kappa shape index (κ2) is 14.1. The van der Waals surface area contributed by atoms with E-state index in [0.717, 1.165) is 11.1 Å². The summed E-state index contributed by atoms with van der Waals surface area (Å²) in [5.74, 6) is -0.260. The maximum absolute atomic E-state index is 12.1. The van der Waals surface area contributed by atoms with E-state index in [1.807, 2.05) is 60.7 Å². The van der Waals surface area contributed by atoms with Crippen LogP contribution in [0.2, 0.25) is 0 Å². The Morgan fingerprint density at radius 2 is 1.63 bits per heavy atom. The molecule has 190 valence electrons. The lowest BCUT2D eigenvalue weighted by molar-refractivity contribution is -0.295. The molecular formula is C27H35NO7. The fraction of sp³-hybridized carbons (Fsp3) is 0.444. The Morgan fingerprint density at radius 3 is 2.14 bits per heavy atom. The van der Waals surface area contributed by atoms with Gasteiger partial charge in [-0.05, 0) is 11.1 Å². The van der Waals surface area contributed by atoms with Crippen LogP contribution in [0, 0.1) is 0 Å². The topological polar surface area (TPSA) is 95.5 Å². The fourth-order valence-corrected chi connectivity index (χ4v) is 4.05. The van der Waals surface area contributed by atoms with Crippen molar-refractivity contribution in [3.8, 4) is 0 Å². The first kappa shape index (κ1) is 27.0. The Balaban J connectivity index is 1.89. The Morgan fingerprint density at radius 1 is 1.06 bits per heavy atom. The van der Waals surface area contributed by atoms with Gasteiger partial charge in [-0.2, -0.15) is 0 Å². The Hall–Kier alpha value is -2.59. The van der Waals surface area contributed by atoms with Gasteiger partial charge in [0.1, 0.15) is 30.5 Å². The maximum atomic E-state index is 12.1. The molecule has 0 spiro atoms. The number of ether oxygens (including phenoxy) is 5. The molecule has 1 amide bonds. The SMILES string of the molecule is C=CCOC[C@H](O)[C@H]1O[C@H](OC)[C@H](NC(C)=O)[C@@H](OCc2ccccc2)[C@@H]1OCc1ccccc1. The lowest BCUT2D eigenvalue weighted by Crippen LogP contribution is -2.67. The van der Waals surface area contributed by atoms with Gasteiger partial charge in [0.15, 0.2) is 6.29 Å². The minimum absolute atomic E-state index is 0.00846. The summed E-state index contributed by atoms with van der Waals surface area (Å²) in [5.41, 5.74) is 1.91. The van der Waals surface area contributed by atoms with Crippen LogP contribution in [0.15, 0.2) is 73.3 Å². The molecule has 0 unspecified atom stereocenters. The Bertz CT molecular complexity index is 895. The molecule has 6 atom stereocenters. The third-order valence-corrected chi connectivity index (χ3v) is 5.66. The van der Waals surface area contributed by atoms with Crippen molar-refractivity contribution < 1.29 is 33.6 Å². The highest BCUT2D eigenvalue weighted by Gasteiger charge is 2.50. The van der Waals surface area contributed by atoms with Crippen LogP contribution >= 0.6 is 0 Å². The van der Waals surface area contributed by atoms with Crippen molar-refractivity contribution in [2.45, 2.75) is 56.9 Å². The van der Waals surface area contributed by atoms with Gasteiger partial charge in [-0.15, -0.1) is 6.58 Å².